The van der Waals surface area contributed by atoms with Crippen molar-refractivity contribution in [3.63, 3.8) is 0 Å². The van der Waals surface area contributed by atoms with Gasteiger partial charge in [0.05, 0.1) is 0 Å². The van der Waals surface area contributed by atoms with E-state index in [4.69, 9.17) is 0 Å². The Morgan fingerprint density at radius 2 is 2.00 bits per heavy atom. The monoisotopic (exact) mass is 261 g/mol. The van der Waals surface area contributed by atoms with Gasteiger partial charge in [0, 0.05) is 25.8 Å². The topological polar surface area (TPSA) is 19.4 Å². The number of anilines is 1. The molecule has 1 fully saturated rings. The van der Waals surface area contributed by atoms with E-state index < -0.39 is 0 Å². The molecule has 0 bridgehead atoms. The summed E-state index contributed by atoms with van der Waals surface area (Å²) in [6, 6.07) is 4.27. The van der Waals surface area contributed by atoms with E-state index in [0.717, 1.165) is 18.9 Å². The molecule has 0 unspecified atom stereocenters. The number of aryl methyl sites for hydroxylation is 1. The lowest BCUT2D eigenvalue weighted by Crippen LogP contribution is -2.38. The predicted octanol–water partition coefficient (Wildman–Crippen LogP) is 3.09. The smallest absolute Gasteiger partial charge is 0.128 e. The largest absolute Gasteiger partial charge is 0.355 e. The van der Waals surface area contributed by atoms with Crippen molar-refractivity contribution in [3.8, 4) is 0 Å². The molecule has 106 valence electrons. The molecular formula is C16H27N3. The van der Waals surface area contributed by atoms with E-state index in [0.29, 0.717) is 0 Å². The maximum absolute atomic E-state index is 4.53. The zero-order valence-electron chi connectivity index (χ0n) is 12.4. The van der Waals surface area contributed by atoms with Crippen LogP contribution in [0.15, 0.2) is 18.3 Å². The average molecular weight is 261 g/mol. The van der Waals surface area contributed by atoms with Crippen molar-refractivity contribution in [3.05, 3.63) is 23.9 Å². The Bertz CT molecular complexity index is 372. The van der Waals surface area contributed by atoms with Gasteiger partial charge in [0.15, 0.2) is 0 Å². The Morgan fingerprint density at radius 1 is 1.21 bits per heavy atom. The molecule has 0 N–H and O–H groups in total. The second kappa shape index (κ2) is 7.49. The molecule has 1 aromatic rings. The molecule has 0 amide bonds. The van der Waals surface area contributed by atoms with Crippen LogP contribution in [0.25, 0.3) is 0 Å². The summed E-state index contributed by atoms with van der Waals surface area (Å²) in [7, 11) is 0. The van der Waals surface area contributed by atoms with Gasteiger partial charge >= 0.3 is 0 Å². The van der Waals surface area contributed by atoms with Crippen LogP contribution in [0.3, 0.4) is 0 Å². The minimum absolute atomic E-state index is 1.10. The van der Waals surface area contributed by atoms with Crippen molar-refractivity contribution < 1.29 is 0 Å². The highest BCUT2D eigenvalue weighted by atomic mass is 15.2. The summed E-state index contributed by atoms with van der Waals surface area (Å²) in [5, 5.41) is 0. The number of pyridine rings is 1. The number of likely N-dealkylation sites (tertiary alicyclic amines) is 1. The Labute approximate surface area is 117 Å². The Hall–Kier alpha value is -1.09. The summed E-state index contributed by atoms with van der Waals surface area (Å²) < 4.78 is 0. The zero-order valence-corrected chi connectivity index (χ0v) is 12.4. The lowest BCUT2D eigenvalue weighted by Gasteiger charge is -2.30. The molecule has 1 saturated heterocycles. The Kier molecular flexibility index (Phi) is 5.64. The van der Waals surface area contributed by atoms with Crippen molar-refractivity contribution in [2.24, 2.45) is 0 Å². The predicted molar refractivity (Wildman–Crippen MR) is 81.8 cm³/mol. The minimum Gasteiger partial charge on any atom is -0.355 e. The van der Waals surface area contributed by atoms with E-state index in [1.54, 1.807) is 0 Å². The summed E-state index contributed by atoms with van der Waals surface area (Å²) in [4.78, 5) is 9.56. The molecule has 1 aliphatic heterocycles. The summed E-state index contributed by atoms with van der Waals surface area (Å²) in [5.41, 5.74) is 1.30. The first kappa shape index (κ1) is 14.3. The molecule has 0 saturated carbocycles. The molecule has 19 heavy (non-hydrogen) atoms. The Balaban J connectivity index is 1.91. The number of aromatic nitrogens is 1. The molecule has 3 heteroatoms. The maximum Gasteiger partial charge on any atom is 0.128 e. The van der Waals surface area contributed by atoms with Gasteiger partial charge in [-0.2, -0.15) is 0 Å². The van der Waals surface area contributed by atoms with Crippen LogP contribution < -0.4 is 4.90 Å². The molecule has 2 rings (SSSR count). The maximum atomic E-state index is 4.53. The minimum atomic E-state index is 1.10. The van der Waals surface area contributed by atoms with Crippen LogP contribution in [0.2, 0.25) is 0 Å². The highest BCUT2D eigenvalue weighted by Crippen LogP contribution is 2.14. The van der Waals surface area contributed by atoms with E-state index in [1.165, 1.54) is 50.9 Å². The van der Waals surface area contributed by atoms with Crippen molar-refractivity contribution in [2.45, 2.75) is 39.5 Å². The Morgan fingerprint density at radius 3 is 2.68 bits per heavy atom. The van der Waals surface area contributed by atoms with Gasteiger partial charge in [0.1, 0.15) is 5.82 Å². The third-order valence-electron chi connectivity index (χ3n) is 3.85. The quantitative estimate of drug-likeness (QED) is 0.784. The molecule has 3 nitrogen and oxygen atoms in total. The molecule has 0 aromatic carbocycles. The van der Waals surface area contributed by atoms with Gasteiger partial charge < -0.3 is 9.80 Å². The average Bonchev–Trinajstić information content (AvgIpc) is 2.44. The van der Waals surface area contributed by atoms with Gasteiger partial charge in [-0.15, -0.1) is 0 Å². The van der Waals surface area contributed by atoms with E-state index in [1.807, 2.05) is 6.20 Å². The highest BCUT2D eigenvalue weighted by Gasteiger charge is 2.12. The summed E-state index contributed by atoms with van der Waals surface area (Å²) in [5.74, 6) is 1.14. The molecule has 0 radical (unpaired) electrons. The van der Waals surface area contributed by atoms with Crippen molar-refractivity contribution in [2.75, 3.05) is 37.6 Å². The summed E-state index contributed by atoms with van der Waals surface area (Å²) >= 11 is 0. The van der Waals surface area contributed by atoms with Crippen LogP contribution in [-0.2, 0) is 0 Å². The van der Waals surface area contributed by atoms with E-state index >= 15 is 0 Å². The normalized spacial score (nSPS) is 16.5. The van der Waals surface area contributed by atoms with Crippen LogP contribution in [-0.4, -0.2) is 42.6 Å². The molecule has 1 aliphatic rings. The SMILES string of the molecule is CCCN(CCN1CCCCC1)c1cc(C)ccn1. The first-order chi connectivity index (χ1) is 9.29. The number of piperidine rings is 1. The molecule has 0 aliphatic carbocycles. The fourth-order valence-corrected chi connectivity index (χ4v) is 2.75. The third-order valence-corrected chi connectivity index (χ3v) is 3.85. The van der Waals surface area contributed by atoms with Gasteiger partial charge in [-0.3, -0.25) is 0 Å². The molecule has 0 atom stereocenters. The first-order valence-corrected chi connectivity index (χ1v) is 7.69. The fourth-order valence-electron chi connectivity index (χ4n) is 2.75. The second-order valence-electron chi connectivity index (χ2n) is 5.58. The molecule has 2 heterocycles. The van der Waals surface area contributed by atoms with Gasteiger partial charge in [0.25, 0.3) is 0 Å². The van der Waals surface area contributed by atoms with Gasteiger partial charge in [0.2, 0.25) is 0 Å². The lowest BCUT2D eigenvalue weighted by molar-refractivity contribution is 0.233. The van der Waals surface area contributed by atoms with Crippen molar-refractivity contribution in [1.29, 1.82) is 0 Å². The molecule has 1 aromatic heterocycles. The number of hydrogen-bond donors (Lipinski definition) is 0. The van der Waals surface area contributed by atoms with Crippen LogP contribution in [0.5, 0.6) is 0 Å². The third kappa shape index (κ3) is 4.50. The van der Waals surface area contributed by atoms with Gasteiger partial charge in [-0.25, -0.2) is 4.98 Å². The van der Waals surface area contributed by atoms with Crippen LogP contribution >= 0.6 is 0 Å². The number of nitrogens with zero attached hydrogens (tertiary/aromatic N) is 3. The number of hydrogen-bond acceptors (Lipinski definition) is 3. The summed E-state index contributed by atoms with van der Waals surface area (Å²) in [6.07, 6.45) is 7.26. The lowest BCUT2D eigenvalue weighted by atomic mass is 10.1. The van der Waals surface area contributed by atoms with Crippen molar-refractivity contribution >= 4 is 5.82 Å². The van der Waals surface area contributed by atoms with Crippen molar-refractivity contribution in [1.82, 2.24) is 9.88 Å². The first-order valence-electron chi connectivity index (χ1n) is 7.69. The molecular weight excluding hydrogens is 234 g/mol. The highest BCUT2D eigenvalue weighted by molar-refractivity contribution is 5.40. The second-order valence-corrected chi connectivity index (χ2v) is 5.58. The number of rotatable bonds is 6. The molecule has 0 spiro atoms. The van der Waals surface area contributed by atoms with E-state index in [9.17, 15) is 0 Å². The van der Waals surface area contributed by atoms with Crippen LogP contribution in [0.4, 0.5) is 5.82 Å². The van der Waals surface area contributed by atoms with E-state index in [-0.39, 0.29) is 0 Å². The van der Waals surface area contributed by atoms with Gasteiger partial charge in [-0.1, -0.05) is 13.3 Å². The fraction of sp³-hybridized carbons (Fsp3) is 0.688. The van der Waals surface area contributed by atoms with Crippen LogP contribution in [0.1, 0.15) is 38.2 Å². The van der Waals surface area contributed by atoms with Gasteiger partial charge in [-0.05, 0) is 57.0 Å². The van der Waals surface area contributed by atoms with E-state index in [2.05, 4.69) is 40.8 Å². The van der Waals surface area contributed by atoms with Crippen LogP contribution in [0, 0.1) is 6.92 Å². The summed E-state index contributed by atoms with van der Waals surface area (Å²) in [6.45, 7) is 10.3. The standard InChI is InChI=1S/C16H27N3/c1-3-9-19(16-14-15(2)7-8-17-16)13-12-18-10-5-4-6-11-18/h7-8,14H,3-6,9-13H2,1-2H3. The zero-order chi connectivity index (χ0) is 13.5.